The van der Waals surface area contributed by atoms with E-state index < -0.39 is 22.3 Å². The topological polar surface area (TPSA) is 92.5 Å². The molecule has 0 aliphatic carbocycles. The van der Waals surface area contributed by atoms with Gasteiger partial charge >= 0.3 is 5.69 Å². The molecule has 0 bridgehead atoms. The molecule has 1 aromatic rings. The van der Waals surface area contributed by atoms with Crippen molar-refractivity contribution in [3.8, 4) is 5.75 Å². The Kier molecular flexibility index (Phi) is 5.29. The Morgan fingerprint density at radius 2 is 2.05 bits per heavy atom. The number of rotatable bonds is 6. The van der Waals surface area contributed by atoms with Crippen LogP contribution in [-0.2, 0) is 0 Å². The van der Waals surface area contributed by atoms with E-state index in [9.17, 15) is 20.0 Å². The molecule has 1 amide bonds. The van der Waals surface area contributed by atoms with Crippen LogP contribution < -0.4 is 5.32 Å². The highest BCUT2D eigenvalue weighted by molar-refractivity contribution is 5.98. The summed E-state index contributed by atoms with van der Waals surface area (Å²) in [5.74, 6) is -0.715. The fourth-order valence-electron chi connectivity index (χ4n) is 1.77. The van der Waals surface area contributed by atoms with E-state index >= 15 is 0 Å². The van der Waals surface area contributed by atoms with Crippen molar-refractivity contribution >= 4 is 11.6 Å². The summed E-state index contributed by atoms with van der Waals surface area (Å²) in [5, 5.41) is 23.1. The van der Waals surface area contributed by atoms with Crippen molar-refractivity contribution in [2.45, 2.75) is 26.7 Å². The van der Waals surface area contributed by atoms with Gasteiger partial charge in [-0.05, 0) is 12.0 Å². The molecule has 0 fully saturated rings. The maximum atomic E-state index is 11.9. The van der Waals surface area contributed by atoms with E-state index in [-0.39, 0.29) is 5.56 Å². The number of amides is 1. The number of carbonyl (C=O) groups excluding carboxylic acids is 1. The Morgan fingerprint density at radius 1 is 1.42 bits per heavy atom. The number of carbonyl (C=O) groups is 1. The van der Waals surface area contributed by atoms with Crippen LogP contribution >= 0.6 is 0 Å². The zero-order valence-electron chi connectivity index (χ0n) is 11.0. The van der Waals surface area contributed by atoms with Crippen LogP contribution in [0.25, 0.3) is 0 Å². The maximum Gasteiger partial charge on any atom is 0.311 e. The number of phenolic OH excluding ortho intramolecular Hbond substituents is 1. The third kappa shape index (κ3) is 3.67. The molecule has 2 N–H and O–H groups in total. The molecule has 19 heavy (non-hydrogen) atoms. The van der Waals surface area contributed by atoms with E-state index in [1.54, 1.807) is 0 Å². The lowest BCUT2D eigenvalue weighted by atomic mass is 10.0. The second kappa shape index (κ2) is 6.72. The molecule has 1 rings (SSSR count). The van der Waals surface area contributed by atoms with Crippen LogP contribution in [0.5, 0.6) is 5.75 Å². The van der Waals surface area contributed by atoms with Crippen molar-refractivity contribution in [2.24, 2.45) is 5.92 Å². The minimum Gasteiger partial charge on any atom is -0.502 e. The number of aromatic hydroxyl groups is 1. The molecule has 0 radical (unpaired) electrons. The summed E-state index contributed by atoms with van der Waals surface area (Å²) in [6.07, 6.45) is 1.88. The van der Waals surface area contributed by atoms with Gasteiger partial charge in [-0.1, -0.05) is 32.8 Å². The van der Waals surface area contributed by atoms with Crippen molar-refractivity contribution in [1.29, 1.82) is 0 Å². The van der Waals surface area contributed by atoms with Crippen molar-refractivity contribution in [2.75, 3.05) is 6.54 Å². The molecule has 0 saturated carbocycles. The van der Waals surface area contributed by atoms with Gasteiger partial charge in [0, 0.05) is 12.6 Å². The average molecular weight is 266 g/mol. The summed E-state index contributed by atoms with van der Waals surface area (Å²) in [4.78, 5) is 21.8. The first-order valence-electron chi connectivity index (χ1n) is 6.25. The van der Waals surface area contributed by atoms with Gasteiger partial charge < -0.3 is 10.4 Å². The van der Waals surface area contributed by atoms with E-state index in [1.165, 1.54) is 12.1 Å². The SMILES string of the molecule is CCC(CC)CNC(=O)c1cccc([N+](=O)[O-])c1O. The van der Waals surface area contributed by atoms with Gasteiger partial charge in [0.1, 0.15) is 0 Å². The number of benzene rings is 1. The van der Waals surface area contributed by atoms with E-state index in [0.717, 1.165) is 18.9 Å². The Balaban J connectivity index is 2.83. The molecular formula is C13H18N2O4. The predicted octanol–water partition coefficient (Wildman–Crippen LogP) is 2.47. The maximum absolute atomic E-state index is 11.9. The lowest BCUT2D eigenvalue weighted by Crippen LogP contribution is -2.29. The van der Waals surface area contributed by atoms with Gasteiger partial charge in [0.05, 0.1) is 10.5 Å². The molecule has 6 heteroatoms. The van der Waals surface area contributed by atoms with E-state index in [1.807, 2.05) is 13.8 Å². The monoisotopic (exact) mass is 266 g/mol. The van der Waals surface area contributed by atoms with Gasteiger partial charge in [-0.3, -0.25) is 14.9 Å². The summed E-state index contributed by atoms with van der Waals surface area (Å²) >= 11 is 0. The second-order valence-corrected chi connectivity index (χ2v) is 4.32. The predicted molar refractivity (Wildman–Crippen MR) is 71.2 cm³/mol. The van der Waals surface area contributed by atoms with Crippen molar-refractivity contribution in [1.82, 2.24) is 5.32 Å². The van der Waals surface area contributed by atoms with Gasteiger partial charge in [-0.25, -0.2) is 0 Å². The highest BCUT2D eigenvalue weighted by atomic mass is 16.6. The highest BCUT2D eigenvalue weighted by Crippen LogP contribution is 2.29. The van der Waals surface area contributed by atoms with Crippen LogP contribution in [0.3, 0.4) is 0 Å². The number of nitro groups is 1. The van der Waals surface area contributed by atoms with Gasteiger partial charge in [0.25, 0.3) is 5.91 Å². The average Bonchev–Trinajstić information content (AvgIpc) is 2.39. The van der Waals surface area contributed by atoms with Crippen LogP contribution in [0.4, 0.5) is 5.69 Å². The van der Waals surface area contributed by atoms with Gasteiger partial charge in [-0.2, -0.15) is 0 Å². The van der Waals surface area contributed by atoms with Crippen LogP contribution in [0.15, 0.2) is 18.2 Å². The van der Waals surface area contributed by atoms with Crippen LogP contribution in [0, 0.1) is 16.0 Å². The molecule has 0 atom stereocenters. The van der Waals surface area contributed by atoms with Gasteiger partial charge in [-0.15, -0.1) is 0 Å². The lowest BCUT2D eigenvalue weighted by Gasteiger charge is -2.13. The fraction of sp³-hybridized carbons (Fsp3) is 0.462. The van der Waals surface area contributed by atoms with Crippen molar-refractivity contribution in [3.63, 3.8) is 0 Å². The van der Waals surface area contributed by atoms with Gasteiger partial charge in [0.15, 0.2) is 0 Å². The number of nitrogens with one attached hydrogen (secondary N) is 1. The van der Waals surface area contributed by atoms with Crippen LogP contribution in [0.2, 0.25) is 0 Å². The Labute approximate surface area is 111 Å². The first-order valence-corrected chi connectivity index (χ1v) is 6.25. The summed E-state index contributed by atoms with van der Waals surface area (Å²) in [5.41, 5.74) is -0.532. The number of nitrogens with zero attached hydrogens (tertiary/aromatic N) is 1. The lowest BCUT2D eigenvalue weighted by molar-refractivity contribution is -0.385. The third-order valence-electron chi connectivity index (χ3n) is 3.16. The minimum absolute atomic E-state index is 0.0693. The Bertz CT molecular complexity index is 470. The molecule has 0 saturated heterocycles. The van der Waals surface area contributed by atoms with Crippen LogP contribution in [-0.4, -0.2) is 22.5 Å². The molecule has 0 aliphatic heterocycles. The molecular weight excluding hydrogens is 248 g/mol. The molecule has 0 aliphatic rings. The summed E-state index contributed by atoms with van der Waals surface area (Å²) in [7, 11) is 0. The zero-order valence-corrected chi connectivity index (χ0v) is 11.0. The normalized spacial score (nSPS) is 10.5. The molecule has 6 nitrogen and oxygen atoms in total. The molecule has 0 aromatic heterocycles. The molecule has 0 unspecified atom stereocenters. The first-order chi connectivity index (χ1) is 9.01. The van der Waals surface area contributed by atoms with Crippen molar-refractivity contribution < 1.29 is 14.8 Å². The largest absolute Gasteiger partial charge is 0.502 e. The minimum atomic E-state index is -0.715. The molecule has 0 spiro atoms. The quantitative estimate of drug-likeness (QED) is 0.611. The summed E-state index contributed by atoms with van der Waals surface area (Å²) in [6, 6.07) is 3.90. The number of nitro benzene ring substituents is 1. The Morgan fingerprint density at radius 3 is 2.58 bits per heavy atom. The molecule has 0 heterocycles. The second-order valence-electron chi connectivity index (χ2n) is 4.32. The molecule has 104 valence electrons. The van der Waals surface area contributed by atoms with E-state index in [4.69, 9.17) is 0 Å². The summed E-state index contributed by atoms with van der Waals surface area (Å²) < 4.78 is 0. The van der Waals surface area contributed by atoms with E-state index in [2.05, 4.69) is 5.32 Å². The summed E-state index contributed by atoms with van der Waals surface area (Å²) in [6.45, 7) is 4.56. The van der Waals surface area contributed by atoms with Gasteiger partial charge in [0.2, 0.25) is 5.75 Å². The van der Waals surface area contributed by atoms with Crippen LogP contribution in [0.1, 0.15) is 37.0 Å². The number of phenols is 1. The Hall–Kier alpha value is -2.11. The first kappa shape index (κ1) is 14.9. The fourth-order valence-corrected chi connectivity index (χ4v) is 1.77. The van der Waals surface area contributed by atoms with E-state index in [0.29, 0.717) is 12.5 Å². The number of para-hydroxylation sites is 1. The third-order valence-corrected chi connectivity index (χ3v) is 3.16. The number of hydrogen-bond acceptors (Lipinski definition) is 4. The van der Waals surface area contributed by atoms with Crippen molar-refractivity contribution in [3.05, 3.63) is 33.9 Å². The molecule has 1 aromatic carbocycles. The zero-order chi connectivity index (χ0) is 14.4. The highest BCUT2D eigenvalue weighted by Gasteiger charge is 2.20. The standard InChI is InChI=1S/C13H18N2O4/c1-3-9(4-2)8-14-13(17)10-6-5-7-11(12(10)16)15(18)19/h5-7,9,16H,3-4,8H2,1-2H3,(H,14,17). The smallest absolute Gasteiger partial charge is 0.311 e. The number of hydrogen-bond donors (Lipinski definition) is 2.